The summed E-state index contributed by atoms with van der Waals surface area (Å²) in [6.07, 6.45) is 7.40. The van der Waals surface area contributed by atoms with Crippen molar-refractivity contribution in [2.45, 2.75) is 39.0 Å². The van der Waals surface area contributed by atoms with Crippen LogP contribution in [0.4, 0.5) is 5.82 Å². The summed E-state index contributed by atoms with van der Waals surface area (Å²) < 4.78 is 1.69. The Hall–Kier alpha value is -3.22. The van der Waals surface area contributed by atoms with Gasteiger partial charge < -0.3 is 10.6 Å². The van der Waals surface area contributed by atoms with Crippen LogP contribution in [0.1, 0.15) is 43.2 Å². The van der Waals surface area contributed by atoms with Gasteiger partial charge in [-0.1, -0.05) is 0 Å². The van der Waals surface area contributed by atoms with E-state index in [1.807, 2.05) is 39.2 Å². The van der Waals surface area contributed by atoms with Crippen molar-refractivity contribution < 1.29 is 9.59 Å². The highest BCUT2D eigenvalue weighted by Crippen LogP contribution is 2.42. The number of pyridine rings is 1. The van der Waals surface area contributed by atoms with Crippen LogP contribution in [0.3, 0.4) is 0 Å². The van der Waals surface area contributed by atoms with Crippen LogP contribution in [-0.2, 0) is 16.6 Å². The molecule has 0 saturated heterocycles. The molecule has 2 aliphatic rings. The summed E-state index contributed by atoms with van der Waals surface area (Å²) in [7, 11) is 1.83. The highest BCUT2D eigenvalue weighted by molar-refractivity contribution is 6.09. The number of ketones is 1. The monoisotopic (exact) mass is 377 g/mol. The molecule has 1 atom stereocenters. The lowest BCUT2D eigenvalue weighted by Gasteiger charge is -2.33. The predicted molar refractivity (Wildman–Crippen MR) is 105 cm³/mol. The maximum Gasteiger partial charge on any atom is 0.255 e. The lowest BCUT2D eigenvalue weighted by molar-refractivity contribution is -0.116. The van der Waals surface area contributed by atoms with Gasteiger partial charge >= 0.3 is 0 Å². The highest BCUT2D eigenvalue weighted by Gasteiger charge is 2.39. The molecule has 3 heterocycles. The normalized spacial score (nSPS) is 19.4. The Morgan fingerprint density at radius 3 is 2.86 bits per heavy atom. The molecule has 7 heteroatoms. The third-order valence-corrected chi connectivity index (χ3v) is 5.24. The number of dihydropyridines is 1. The SMILES string of the molecule is CC1=C(C(=O)Nc2cc(C)ccn2)[C@@H](c2cnn(C)c2)C2=C(CCCC2=O)N1. The second kappa shape index (κ2) is 7.07. The minimum atomic E-state index is -0.428. The van der Waals surface area contributed by atoms with Crippen LogP contribution in [0.25, 0.3) is 0 Å². The van der Waals surface area contributed by atoms with Crippen LogP contribution < -0.4 is 10.6 Å². The molecule has 0 aromatic carbocycles. The van der Waals surface area contributed by atoms with E-state index in [4.69, 9.17) is 0 Å². The van der Waals surface area contributed by atoms with Crippen LogP contribution >= 0.6 is 0 Å². The number of nitrogens with one attached hydrogen (secondary N) is 2. The maximum atomic E-state index is 13.3. The lowest BCUT2D eigenvalue weighted by atomic mass is 9.76. The van der Waals surface area contributed by atoms with Crippen LogP contribution in [0, 0.1) is 6.92 Å². The van der Waals surface area contributed by atoms with Crippen molar-refractivity contribution in [1.82, 2.24) is 20.1 Å². The number of anilines is 1. The predicted octanol–water partition coefficient (Wildman–Crippen LogP) is 2.73. The summed E-state index contributed by atoms with van der Waals surface area (Å²) in [6, 6.07) is 3.69. The zero-order valence-corrected chi connectivity index (χ0v) is 16.2. The number of carbonyl (C=O) groups excluding carboxylic acids is 2. The van der Waals surface area contributed by atoms with E-state index < -0.39 is 5.92 Å². The molecule has 0 radical (unpaired) electrons. The zero-order valence-electron chi connectivity index (χ0n) is 16.2. The Balaban J connectivity index is 1.77. The largest absolute Gasteiger partial charge is 0.362 e. The first-order valence-electron chi connectivity index (χ1n) is 9.40. The Kier molecular flexibility index (Phi) is 4.58. The fraction of sp³-hybridized carbons (Fsp3) is 0.333. The molecule has 0 unspecified atom stereocenters. The molecule has 7 nitrogen and oxygen atoms in total. The van der Waals surface area contributed by atoms with Crippen molar-refractivity contribution in [3.8, 4) is 0 Å². The zero-order chi connectivity index (χ0) is 19.8. The summed E-state index contributed by atoms with van der Waals surface area (Å²) in [5.41, 5.74) is 4.75. The third kappa shape index (κ3) is 3.24. The van der Waals surface area contributed by atoms with E-state index in [0.29, 0.717) is 23.4 Å². The number of nitrogens with zero attached hydrogens (tertiary/aromatic N) is 3. The molecule has 1 aliphatic heterocycles. The Morgan fingerprint density at radius 1 is 1.32 bits per heavy atom. The number of amides is 1. The van der Waals surface area contributed by atoms with E-state index in [0.717, 1.165) is 35.4 Å². The molecule has 2 aromatic rings. The summed E-state index contributed by atoms with van der Waals surface area (Å²) in [5, 5.41) is 10.5. The number of Topliss-reactive ketones (excluding diaryl/α,β-unsaturated/α-hetero) is 1. The standard InChI is InChI=1S/C21H23N5O2/c1-12-7-8-22-17(9-12)25-21(28)18-13(2)24-15-5-4-6-16(27)20(15)19(18)14-10-23-26(3)11-14/h7-11,19,24H,4-6H2,1-3H3,(H,22,25,28)/t19-/m1/s1. The molecule has 0 spiro atoms. The van der Waals surface area contributed by atoms with E-state index in [1.165, 1.54) is 0 Å². The second-order valence-electron chi connectivity index (χ2n) is 7.39. The van der Waals surface area contributed by atoms with Gasteiger partial charge in [-0.25, -0.2) is 4.98 Å². The Labute approximate surface area is 163 Å². The lowest BCUT2D eigenvalue weighted by Crippen LogP contribution is -2.35. The van der Waals surface area contributed by atoms with Gasteiger partial charge in [0.15, 0.2) is 5.78 Å². The second-order valence-corrected chi connectivity index (χ2v) is 7.39. The van der Waals surface area contributed by atoms with E-state index in [1.54, 1.807) is 17.1 Å². The van der Waals surface area contributed by atoms with E-state index >= 15 is 0 Å². The van der Waals surface area contributed by atoms with Crippen LogP contribution in [0.2, 0.25) is 0 Å². The number of hydrogen-bond acceptors (Lipinski definition) is 5. The molecule has 144 valence electrons. The van der Waals surface area contributed by atoms with E-state index in [-0.39, 0.29) is 11.7 Å². The summed E-state index contributed by atoms with van der Waals surface area (Å²) in [6.45, 7) is 3.82. The highest BCUT2D eigenvalue weighted by atomic mass is 16.2. The average Bonchev–Trinajstić information content (AvgIpc) is 3.06. The van der Waals surface area contributed by atoms with E-state index in [2.05, 4.69) is 20.7 Å². The average molecular weight is 377 g/mol. The van der Waals surface area contributed by atoms with Crippen molar-refractivity contribution in [3.05, 3.63) is 64.4 Å². The minimum absolute atomic E-state index is 0.0917. The molecule has 2 aromatic heterocycles. The van der Waals surface area contributed by atoms with E-state index in [9.17, 15) is 9.59 Å². The van der Waals surface area contributed by atoms with Gasteiger partial charge in [0.05, 0.1) is 6.20 Å². The minimum Gasteiger partial charge on any atom is -0.362 e. The first-order chi connectivity index (χ1) is 13.4. The van der Waals surface area contributed by atoms with Crippen molar-refractivity contribution in [3.63, 3.8) is 0 Å². The maximum absolute atomic E-state index is 13.3. The van der Waals surface area contributed by atoms with Crippen molar-refractivity contribution >= 4 is 17.5 Å². The number of allylic oxidation sites excluding steroid dienone is 3. The molecule has 1 amide bonds. The number of aromatic nitrogens is 3. The summed E-state index contributed by atoms with van der Waals surface area (Å²) in [5.74, 6) is -0.108. The Morgan fingerprint density at radius 2 is 2.14 bits per heavy atom. The fourth-order valence-electron chi connectivity index (χ4n) is 4.00. The molecule has 0 bridgehead atoms. The number of aryl methyl sites for hydroxylation is 2. The molecule has 1 aliphatic carbocycles. The smallest absolute Gasteiger partial charge is 0.255 e. The van der Waals surface area contributed by atoms with Gasteiger partial charge in [-0.3, -0.25) is 14.3 Å². The molecule has 4 rings (SSSR count). The quantitative estimate of drug-likeness (QED) is 0.859. The van der Waals surface area contributed by atoms with Crippen LogP contribution in [0.5, 0.6) is 0 Å². The number of carbonyl (C=O) groups is 2. The van der Waals surface area contributed by atoms with Crippen LogP contribution in [-0.4, -0.2) is 26.5 Å². The number of hydrogen-bond donors (Lipinski definition) is 2. The van der Waals surface area contributed by atoms with Crippen molar-refractivity contribution in [2.75, 3.05) is 5.32 Å². The first-order valence-corrected chi connectivity index (χ1v) is 9.40. The number of rotatable bonds is 3. The van der Waals surface area contributed by atoms with Gasteiger partial charge in [-0.05, 0) is 44.4 Å². The Bertz CT molecular complexity index is 1030. The summed E-state index contributed by atoms with van der Waals surface area (Å²) >= 11 is 0. The molecular formula is C21H23N5O2. The summed E-state index contributed by atoms with van der Waals surface area (Å²) in [4.78, 5) is 30.3. The molecule has 28 heavy (non-hydrogen) atoms. The third-order valence-electron chi connectivity index (χ3n) is 5.24. The van der Waals surface area contributed by atoms with Gasteiger partial charge in [-0.2, -0.15) is 5.10 Å². The molecule has 2 N–H and O–H groups in total. The molecule has 0 fully saturated rings. The molecular weight excluding hydrogens is 354 g/mol. The topological polar surface area (TPSA) is 88.9 Å². The van der Waals surface area contributed by atoms with Crippen molar-refractivity contribution in [2.24, 2.45) is 7.05 Å². The van der Waals surface area contributed by atoms with Gasteiger partial charge in [0.2, 0.25) is 0 Å². The van der Waals surface area contributed by atoms with Crippen LogP contribution in [0.15, 0.2) is 53.3 Å². The van der Waals surface area contributed by atoms with Crippen molar-refractivity contribution in [1.29, 1.82) is 0 Å². The van der Waals surface area contributed by atoms with Gasteiger partial charge in [0, 0.05) is 59.9 Å². The fourth-order valence-corrected chi connectivity index (χ4v) is 4.00. The van der Waals surface area contributed by atoms with Gasteiger partial charge in [0.25, 0.3) is 5.91 Å². The van der Waals surface area contributed by atoms with Gasteiger partial charge in [0.1, 0.15) is 5.82 Å². The molecule has 0 saturated carbocycles. The van der Waals surface area contributed by atoms with Gasteiger partial charge in [-0.15, -0.1) is 0 Å². The first kappa shape index (κ1) is 18.2.